The van der Waals surface area contributed by atoms with Crippen LogP contribution in [0.4, 0.5) is 0 Å². The molecular formula is C8H9N3O6. The molecule has 0 saturated heterocycles. The minimum absolute atomic E-state index is 0.298. The normalized spacial score (nSPS) is 9.94. The SMILES string of the molecule is C=C(C(=O)OCCO)n1c(=O)[nH]c(=O)[nH]c1=O. The lowest BCUT2D eigenvalue weighted by Gasteiger charge is -2.06. The van der Waals surface area contributed by atoms with Gasteiger partial charge in [0.05, 0.1) is 6.61 Å². The van der Waals surface area contributed by atoms with E-state index >= 15 is 0 Å². The smallest absolute Gasteiger partial charge is 0.355 e. The van der Waals surface area contributed by atoms with E-state index in [0.717, 1.165) is 0 Å². The maximum absolute atomic E-state index is 11.3. The van der Waals surface area contributed by atoms with Gasteiger partial charge >= 0.3 is 23.0 Å². The van der Waals surface area contributed by atoms with E-state index in [1.165, 1.54) is 0 Å². The van der Waals surface area contributed by atoms with Crippen molar-refractivity contribution in [2.24, 2.45) is 0 Å². The van der Waals surface area contributed by atoms with Crippen molar-refractivity contribution >= 4 is 11.7 Å². The molecule has 3 N–H and O–H groups in total. The fraction of sp³-hybridized carbons (Fsp3) is 0.250. The van der Waals surface area contributed by atoms with Crippen LogP contribution < -0.4 is 17.1 Å². The summed E-state index contributed by atoms with van der Waals surface area (Å²) in [7, 11) is 0. The van der Waals surface area contributed by atoms with Crippen molar-refractivity contribution in [2.45, 2.75) is 0 Å². The van der Waals surface area contributed by atoms with Gasteiger partial charge in [0, 0.05) is 0 Å². The summed E-state index contributed by atoms with van der Waals surface area (Å²) in [6.45, 7) is 2.49. The van der Waals surface area contributed by atoms with Crippen LogP contribution in [0.25, 0.3) is 5.70 Å². The van der Waals surface area contributed by atoms with Crippen molar-refractivity contribution in [1.82, 2.24) is 14.5 Å². The molecule has 1 heterocycles. The molecule has 0 saturated carbocycles. The standard InChI is InChI=1S/C8H9N3O6/c1-4(5(13)17-3-2-12)11-7(15)9-6(14)10-8(11)16/h12H,1-3H2,(H2,9,10,14,15,16). The third-order valence-corrected chi connectivity index (χ3v) is 1.68. The van der Waals surface area contributed by atoms with Gasteiger partial charge in [-0.2, -0.15) is 0 Å². The van der Waals surface area contributed by atoms with E-state index in [1.54, 1.807) is 9.97 Å². The Morgan fingerprint density at radius 1 is 1.29 bits per heavy atom. The third-order valence-electron chi connectivity index (χ3n) is 1.68. The number of rotatable bonds is 4. The van der Waals surface area contributed by atoms with Crippen LogP contribution in [0.3, 0.4) is 0 Å². The predicted molar refractivity (Wildman–Crippen MR) is 55.3 cm³/mol. The molecule has 0 aliphatic heterocycles. The van der Waals surface area contributed by atoms with Crippen LogP contribution >= 0.6 is 0 Å². The third kappa shape index (κ3) is 2.78. The molecule has 9 nitrogen and oxygen atoms in total. The molecule has 1 aromatic rings. The Kier molecular flexibility index (Phi) is 3.78. The number of H-pyrrole nitrogens is 2. The first kappa shape index (κ1) is 12.6. The summed E-state index contributed by atoms with van der Waals surface area (Å²) in [5.74, 6) is -1.06. The summed E-state index contributed by atoms with van der Waals surface area (Å²) >= 11 is 0. The zero-order valence-electron chi connectivity index (χ0n) is 8.56. The minimum atomic E-state index is -1.11. The Morgan fingerprint density at radius 2 is 1.82 bits per heavy atom. The summed E-state index contributed by atoms with van der Waals surface area (Å²) in [6.07, 6.45) is 0. The van der Waals surface area contributed by atoms with Gasteiger partial charge in [0.1, 0.15) is 12.3 Å². The summed E-state index contributed by atoms with van der Waals surface area (Å²) in [5, 5.41) is 8.42. The molecule has 0 bridgehead atoms. The summed E-state index contributed by atoms with van der Waals surface area (Å²) in [5.41, 5.74) is -3.77. The minimum Gasteiger partial charge on any atom is -0.459 e. The van der Waals surface area contributed by atoms with Gasteiger partial charge in [-0.3, -0.25) is 9.97 Å². The number of esters is 1. The van der Waals surface area contributed by atoms with Crippen molar-refractivity contribution in [3.63, 3.8) is 0 Å². The second-order valence-electron chi connectivity index (χ2n) is 2.83. The average Bonchev–Trinajstić information content (AvgIpc) is 2.24. The molecular weight excluding hydrogens is 234 g/mol. The van der Waals surface area contributed by atoms with Crippen LogP contribution in [0.5, 0.6) is 0 Å². The van der Waals surface area contributed by atoms with Crippen molar-refractivity contribution in [3.8, 4) is 0 Å². The van der Waals surface area contributed by atoms with Crippen LogP contribution in [-0.2, 0) is 9.53 Å². The van der Waals surface area contributed by atoms with Gasteiger partial charge in [0.15, 0.2) is 0 Å². The van der Waals surface area contributed by atoms with E-state index in [9.17, 15) is 19.2 Å². The lowest BCUT2D eigenvalue weighted by atomic mass is 10.5. The number of nitrogens with one attached hydrogen (secondary N) is 2. The number of carbonyl (C=O) groups is 1. The first-order valence-corrected chi connectivity index (χ1v) is 4.40. The van der Waals surface area contributed by atoms with E-state index < -0.39 is 35.3 Å². The lowest BCUT2D eigenvalue weighted by molar-refractivity contribution is -0.138. The number of nitrogens with zero attached hydrogens (tertiary/aromatic N) is 1. The van der Waals surface area contributed by atoms with Crippen LogP contribution in [0.15, 0.2) is 21.0 Å². The largest absolute Gasteiger partial charge is 0.459 e. The molecule has 0 amide bonds. The van der Waals surface area contributed by atoms with Gasteiger partial charge in [-0.05, 0) is 0 Å². The molecule has 0 radical (unpaired) electrons. The van der Waals surface area contributed by atoms with Crippen LogP contribution in [0.2, 0.25) is 0 Å². The van der Waals surface area contributed by atoms with Gasteiger partial charge in [-0.25, -0.2) is 23.7 Å². The van der Waals surface area contributed by atoms with Crippen LogP contribution in [0, 0.1) is 0 Å². The van der Waals surface area contributed by atoms with E-state index in [2.05, 4.69) is 11.3 Å². The maximum Gasteiger partial charge on any atom is 0.355 e. The number of aliphatic hydroxyl groups excluding tert-OH is 1. The number of aliphatic hydroxyl groups is 1. The highest BCUT2D eigenvalue weighted by Crippen LogP contribution is 1.95. The Balaban J connectivity index is 3.14. The Labute approximate surface area is 93.0 Å². The molecule has 0 unspecified atom stereocenters. The monoisotopic (exact) mass is 243 g/mol. The van der Waals surface area contributed by atoms with Crippen molar-refractivity contribution < 1.29 is 14.6 Å². The molecule has 1 rings (SSSR count). The molecule has 0 atom stereocenters. The topological polar surface area (TPSA) is 134 Å². The molecule has 92 valence electrons. The first-order chi connectivity index (χ1) is 7.97. The number of ether oxygens (including phenoxy) is 1. The highest BCUT2D eigenvalue weighted by atomic mass is 16.5. The second kappa shape index (κ2) is 5.07. The number of aromatic amines is 2. The van der Waals surface area contributed by atoms with E-state index in [0.29, 0.717) is 4.57 Å². The Hall–Kier alpha value is -2.42. The molecule has 9 heteroatoms. The highest BCUT2D eigenvalue weighted by molar-refractivity contribution is 6.08. The number of carbonyl (C=O) groups excluding carboxylic acids is 1. The highest BCUT2D eigenvalue weighted by Gasteiger charge is 2.15. The molecule has 0 fully saturated rings. The molecule has 1 aromatic heterocycles. The van der Waals surface area contributed by atoms with Crippen molar-refractivity contribution in [2.75, 3.05) is 13.2 Å². The van der Waals surface area contributed by atoms with Crippen LogP contribution in [0.1, 0.15) is 0 Å². The maximum atomic E-state index is 11.3. The van der Waals surface area contributed by atoms with Crippen molar-refractivity contribution in [1.29, 1.82) is 0 Å². The molecule has 0 spiro atoms. The van der Waals surface area contributed by atoms with Gasteiger partial charge < -0.3 is 9.84 Å². The lowest BCUT2D eigenvalue weighted by Crippen LogP contribution is -2.43. The van der Waals surface area contributed by atoms with Gasteiger partial charge in [-0.1, -0.05) is 6.58 Å². The number of hydrogen-bond acceptors (Lipinski definition) is 6. The van der Waals surface area contributed by atoms with Gasteiger partial charge in [0.25, 0.3) is 0 Å². The molecule has 0 aromatic carbocycles. The van der Waals surface area contributed by atoms with Gasteiger partial charge in [-0.15, -0.1) is 0 Å². The van der Waals surface area contributed by atoms with Crippen molar-refractivity contribution in [3.05, 3.63) is 38.0 Å². The Bertz CT molecular complexity index is 572. The van der Waals surface area contributed by atoms with E-state index in [1.807, 2.05) is 0 Å². The second-order valence-corrected chi connectivity index (χ2v) is 2.83. The number of hydrogen-bond donors (Lipinski definition) is 3. The zero-order valence-corrected chi connectivity index (χ0v) is 8.56. The average molecular weight is 243 g/mol. The number of aromatic nitrogens is 3. The molecule has 17 heavy (non-hydrogen) atoms. The first-order valence-electron chi connectivity index (χ1n) is 4.40. The molecule has 0 aliphatic rings. The Morgan fingerprint density at radius 3 is 2.29 bits per heavy atom. The molecule has 0 aliphatic carbocycles. The fourth-order valence-electron chi connectivity index (χ4n) is 0.988. The quantitative estimate of drug-likeness (QED) is 0.387. The fourth-order valence-corrected chi connectivity index (χ4v) is 0.988. The predicted octanol–water partition coefficient (Wildman–Crippen LogP) is -2.77. The zero-order chi connectivity index (χ0) is 13.0. The summed E-state index contributed by atoms with van der Waals surface area (Å²) in [4.78, 5) is 48.0. The van der Waals surface area contributed by atoms with Gasteiger partial charge in [0.2, 0.25) is 0 Å². The van der Waals surface area contributed by atoms with E-state index in [-0.39, 0.29) is 6.61 Å². The van der Waals surface area contributed by atoms with E-state index in [4.69, 9.17) is 5.11 Å². The summed E-state index contributed by atoms with van der Waals surface area (Å²) < 4.78 is 4.78. The van der Waals surface area contributed by atoms with Crippen LogP contribution in [-0.4, -0.2) is 38.8 Å². The summed E-state index contributed by atoms with van der Waals surface area (Å²) in [6, 6.07) is 0.